The highest BCUT2D eigenvalue weighted by Gasteiger charge is 2.35. The summed E-state index contributed by atoms with van der Waals surface area (Å²) in [5.41, 5.74) is 1.32. The zero-order chi connectivity index (χ0) is 23.4. The first kappa shape index (κ1) is 23.6. The standard InChI is InChI=1S/C24H27BrN4O3S/c1-4-6-9-12-33-24-27-23(30)21-15-10-7-8-11-18(15)26-22(29(21)28-24)16-13-20(32-5-2)19(31-3)14-17(16)25/h7-8,10-11,13-14,22H,4-6,9,12H2,1-3H3,(H,27,28,30)/t22-/m0/s1. The molecule has 2 aromatic rings. The molecule has 2 heterocycles. The molecule has 0 aromatic heterocycles. The summed E-state index contributed by atoms with van der Waals surface area (Å²) in [6.07, 6.45) is 2.84. The Morgan fingerprint density at radius 3 is 2.76 bits per heavy atom. The molecule has 0 bridgehead atoms. The molecule has 2 aromatic carbocycles. The van der Waals surface area contributed by atoms with E-state index in [9.17, 15) is 4.79 Å². The summed E-state index contributed by atoms with van der Waals surface area (Å²) in [7, 11) is 1.61. The number of thioether (sulfide) groups is 1. The van der Waals surface area contributed by atoms with Gasteiger partial charge < -0.3 is 9.47 Å². The molecule has 0 fully saturated rings. The van der Waals surface area contributed by atoms with E-state index in [2.05, 4.69) is 28.2 Å². The van der Waals surface area contributed by atoms with E-state index < -0.39 is 6.17 Å². The number of methoxy groups -OCH3 is 1. The highest BCUT2D eigenvalue weighted by Crippen LogP contribution is 2.40. The Labute approximate surface area is 206 Å². The minimum absolute atomic E-state index is 0.176. The number of nitrogens with zero attached hydrogens (tertiary/aromatic N) is 3. The topological polar surface area (TPSA) is 75.5 Å². The molecule has 1 N–H and O–H groups in total. The van der Waals surface area contributed by atoms with Crippen molar-refractivity contribution in [3.8, 4) is 11.5 Å². The van der Waals surface area contributed by atoms with E-state index in [0.29, 0.717) is 29.0 Å². The summed E-state index contributed by atoms with van der Waals surface area (Å²) >= 11 is 5.23. The first-order valence-corrected chi connectivity index (χ1v) is 12.8. The molecule has 0 radical (unpaired) electrons. The number of hydrogen-bond acceptors (Lipinski definition) is 7. The Balaban J connectivity index is 1.82. The van der Waals surface area contributed by atoms with Crippen molar-refractivity contribution in [2.24, 2.45) is 10.1 Å². The van der Waals surface area contributed by atoms with Gasteiger partial charge in [0.2, 0.25) is 0 Å². The van der Waals surface area contributed by atoms with Crippen LogP contribution in [0.25, 0.3) is 5.70 Å². The van der Waals surface area contributed by atoms with Gasteiger partial charge in [-0.25, -0.2) is 5.01 Å². The van der Waals surface area contributed by atoms with E-state index in [1.165, 1.54) is 0 Å². The summed E-state index contributed by atoms with van der Waals surface area (Å²) in [6.45, 7) is 4.60. The van der Waals surface area contributed by atoms with Crippen LogP contribution in [0.1, 0.15) is 44.8 Å². The van der Waals surface area contributed by atoms with E-state index >= 15 is 0 Å². The number of ether oxygens (including phenoxy) is 2. The van der Waals surface area contributed by atoms with E-state index in [1.807, 2.05) is 43.3 Å². The Bertz CT molecular complexity index is 1200. The molecular formula is C24H27BrN4O3S. The third-order valence-corrected chi connectivity index (χ3v) is 7.00. The van der Waals surface area contributed by atoms with Crippen LogP contribution in [-0.4, -0.2) is 35.6 Å². The predicted octanol–water partition coefficient (Wildman–Crippen LogP) is 3.92. The Kier molecular flexibility index (Phi) is 7.60. The maximum atomic E-state index is 13.2. The predicted molar refractivity (Wildman–Crippen MR) is 135 cm³/mol. The van der Waals surface area contributed by atoms with Crippen molar-refractivity contribution in [2.75, 3.05) is 19.5 Å². The third-order valence-electron chi connectivity index (χ3n) is 5.36. The molecule has 0 unspecified atom stereocenters. The van der Waals surface area contributed by atoms with Crippen molar-refractivity contribution in [1.29, 1.82) is 0 Å². The second-order valence-electron chi connectivity index (χ2n) is 7.59. The quantitative estimate of drug-likeness (QED) is 0.523. The molecule has 2 aliphatic heterocycles. The van der Waals surface area contributed by atoms with Gasteiger partial charge in [-0.3, -0.25) is 15.1 Å². The molecular weight excluding hydrogens is 504 g/mol. The summed E-state index contributed by atoms with van der Waals surface area (Å²) in [5.74, 6) is 1.97. The summed E-state index contributed by atoms with van der Waals surface area (Å²) in [5, 5.41) is 11.6. The maximum Gasteiger partial charge on any atom is 0.276 e. The first-order valence-electron chi connectivity index (χ1n) is 11.1. The lowest BCUT2D eigenvalue weighted by Crippen LogP contribution is -2.50. The van der Waals surface area contributed by atoms with Gasteiger partial charge in [0.25, 0.3) is 5.91 Å². The average molecular weight is 531 g/mol. The summed E-state index contributed by atoms with van der Waals surface area (Å²) in [4.78, 5) is 18.2. The van der Waals surface area contributed by atoms with Crippen LogP contribution >= 0.6 is 27.7 Å². The molecule has 7 nitrogen and oxygen atoms in total. The number of unbranched alkanes of at least 4 members (excludes halogenated alkanes) is 2. The number of carbonyl (C=O) groups excluding carboxylic acids is 1. The molecule has 0 saturated carbocycles. The molecule has 9 heteroatoms. The van der Waals surface area contributed by atoms with Gasteiger partial charge in [-0.1, -0.05) is 65.7 Å². The summed E-state index contributed by atoms with van der Waals surface area (Å²) in [6, 6.07) is 11.4. The molecule has 2 aliphatic rings. The number of amidine groups is 1. The van der Waals surface area contributed by atoms with E-state index in [-0.39, 0.29) is 5.91 Å². The zero-order valence-electron chi connectivity index (χ0n) is 18.9. The van der Waals surface area contributed by atoms with Crippen LogP contribution in [-0.2, 0) is 4.79 Å². The Morgan fingerprint density at radius 2 is 2.00 bits per heavy atom. The Morgan fingerprint density at radius 1 is 1.18 bits per heavy atom. The summed E-state index contributed by atoms with van der Waals surface area (Å²) < 4.78 is 12.1. The molecule has 0 aliphatic carbocycles. The maximum absolute atomic E-state index is 13.2. The van der Waals surface area contributed by atoms with Gasteiger partial charge in [0.1, 0.15) is 5.70 Å². The highest BCUT2D eigenvalue weighted by molar-refractivity contribution is 9.10. The number of nitrogens with one attached hydrogen (secondary N) is 1. The molecule has 1 atom stereocenters. The molecule has 33 heavy (non-hydrogen) atoms. The number of hydrazone groups is 1. The second kappa shape index (κ2) is 10.6. The molecule has 4 rings (SSSR count). The smallest absolute Gasteiger partial charge is 0.276 e. The Hall–Kier alpha value is -2.52. The normalized spacial score (nSPS) is 16.9. The van der Waals surface area contributed by atoms with Crippen molar-refractivity contribution in [3.63, 3.8) is 0 Å². The largest absolute Gasteiger partial charge is 0.493 e. The molecule has 0 spiro atoms. The number of carbonyl (C=O) groups is 1. The van der Waals surface area contributed by atoms with Crippen LogP contribution in [0.2, 0.25) is 0 Å². The first-order chi connectivity index (χ1) is 16.1. The fourth-order valence-corrected chi connectivity index (χ4v) is 5.17. The lowest BCUT2D eigenvalue weighted by molar-refractivity contribution is -0.116. The van der Waals surface area contributed by atoms with Gasteiger partial charge in [0, 0.05) is 21.0 Å². The van der Waals surface area contributed by atoms with E-state index in [4.69, 9.17) is 19.6 Å². The average Bonchev–Trinajstić information content (AvgIpc) is 2.82. The fourth-order valence-electron chi connectivity index (χ4n) is 3.79. The van der Waals surface area contributed by atoms with Gasteiger partial charge >= 0.3 is 0 Å². The lowest BCUT2D eigenvalue weighted by Gasteiger charge is -2.34. The van der Waals surface area contributed by atoms with Crippen LogP contribution in [0.4, 0.5) is 0 Å². The number of para-hydroxylation sites is 1. The minimum atomic E-state index is -0.535. The van der Waals surface area contributed by atoms with Crippen LogP contribution < -0.4 is 25.4 Å². The van der Waals surface area contributed by atoms with Crippen molar-refractivity contribution in [3.05, 3.63) is 57.0 Å². The van der Waals surface area contributed by atoms with Gasteiger partial charge in [-0.15, -0.1) is 5.10 Å². The molecule has 1 amide bonds. The second-order valence-corrected chi connectivity index (χ2v) is 9.52. The van der Waals surface area contributed by atoms with Crippen LogP contribution in [0, 0.1) is 0 Å². The number of rotatable bonds is 8. The van der Waals surface area contributed by atoms with Gasteiger partial charge in [-0.2, -0.15) is 0 Å². The van der Waals surface area contributed by atoms with Crippen LogP contribution in [0.15, 0.2) is 51.0 Å². The van der Waals surface area contributed by atoms with Crippen molar-refractivity contribution in [1.82, 2.24) is 10.3 Å². The van der Waals surface area contributed by atoms with Crippen molar-refractivity contribution in [2.45, 2.75) is 39.3 Å². The SMILES string of the molecule is CCCCCSC1=NN2C(=c3ccccc3=N[C@@H]2c2cc(OCC)c(OC)cc2Br)C(=O)N1. The fraction of sp³-hybridized carbons (Fsp3) is 0.375. The number of amides is 1. The molecule has 0 saturated heterocycles. The van der Waals surface area contributed by atoms with E-state index in [0.717, 1.165) is 45.6 Å². The van der Waals surface area contributed by atoms with Gasteiger partial charge in [-0.05, 0) is 31.5 Å². The zero-order valence-corrected chi connectivity index (χ0v) is 21.3. The van der Waals surface area contributed by atoms with Gasteiger partial charge in [0.15, 0.2) is 22.8 Å². The number of benzene rings is 2. The van der Waals surface area contributed by atoms with Crippen LogP contribution in [0.3, 0.4) is 0 Å². The highest BCUT2D eigenvalue weighted by atomic mass is 79.9. The van der Waals surface area contributed by atoms with Crippen molar-refractivity contribution >= 4 is 44.5 Å². The number of fused-ring (bicyclic) bond motifs is 2. The minimum Gasteiger partial charge on any atom is -0.493 e. The third kappa shape index (κ3) is 4.89. The van der Waals surface area contributed by atoms with Crippen molar-refractivity contribution < 1.29 is 14.3 Å². The van der Waals surface area contributed by atoms with Crippen LogP contribution in [0.5, 0.6) is 11.5 Å². The molecule has 174 valence electrons. The van der Waals surface area contributed by atoms with Gasteiger partial charge in [0.05, 0.1) is 19.1 Å². The monoisotopic (exact) mass is 530 g/mol. The lowest BCUT2D eigenvalue weighted by atomic mass is 10.1. The van der Waals surface area contributed by atoms with E-state index in [1.54, 1.807) is 23.9 Å². The number of hydrogen-bond donors (Lipinski definition) is 1. The number of halogens is 1.